The van der Waals surface area contributed by atoms with E-state index in [9.17, 15) is 4.79 Å². The summed E-state index contributed by atoms with van der Waals surface area (Å²) in [6.07, 6.45) is 5.83. The van der Waals surface area contributed by atoms with E-state index in [0.29, 0.717) is 22.7 Å². The van der Waals surface area contributed by atoms with Crippen molar-refractivity contribution < 1.29 is 0 Å². The molecule has 0 spiro atoms. The SMILES string of the molecule is CNC1CCC(C)(C)CC1Sc1n[nH]c(=O)n1C1CC1. The lowest BCUT2D eigenvalue weighted by molar-refractivity contribution is 0.218. The molecule has 0 radical (unpaired) electrons. The smallest absolute Gasteiger partial charge is 0.316 e. The molecule has 2 atom stereocenters. The number of H-pyrrole nitrogens is 1. The standard InChI is InChI=1S/C14H24N4OS/c1-14(2)7-6-10(15-3)11(8-14)20-13-17-16-12(19)18(13)9-4-5-9/h9-11,15H,4-8H2,1-3H3,(H,16,19). The van der Waals surface area contributed by atoms with E-state index in [2.05, 4.69) is 29.4 Å². The molecule has 1 heterocycles. The molecular weight excluding hydrogens is 272 g/mol. The van der Waals surface area contributed by atoms with Crippen LogP contribution < -0.4 is 11.0 Å². The number of aromatic nitrogens is 3. The van der Waals surface area contributed by atoms with Crippen molar-refractivity contribution in [1.82, 2.24) is 20.1 Å². The van der Waals surface area contributed by atoms with E-state index in [1.165, 1.54) is 12.8 Å². The second-order valence-corrected chi connectivity index (χ2v) is 8.08. The molecule has 0 saturated heterocycles. The summed E-state index contributed by atoms with van der Waals surface area (Å²) < 4.78 is 1.86. The largest absolute Gasteiger partial charge is 0.344 e. The third-order valence-corrected chi connectivity index (χ3v) is 5.84. The lowest BCUT2D eigenvalue weighted by Crippen LogP contribution is -2.43. The van der Waals surface area contributed by atoms with Crippen LogP contribution in [0.4, 0.5) is 0 Å². The molecule has 5 nitrogen and oxygen atoms in total. The zero-order valence-electron chi connectivity index (χ0n) is 12.5. The highest BCUT2D eigenvalue weighted by molar-refractivity contribution is 7.99. The molecule has 2 aliphatic carbocycles. The number of rotatable bonds is 4. The van der Waals surface area contributed by atoms with Crippen LogP contribution in [0.1, 0.15) is 52.0 Å². The Labute approximate surface area is 123 Å². The summed E-state index contributed by atoms with van der Waals surface area (Å²) in [7, 11) is 2.04. The maximum absolute atomic E-state index is 11.9. The average Bonchev–Trinajstić information content (AvgIpc) is 3.14. The number of thioether (sulfide) groups is 1. The van der Waals surface area contributed by atoms with Gasteiger partial charge in [0.05, 0.1) is 0 Å². The van der Waals surface area contributed by atoms with Crippen LogP contribution in [0, 0.1) is 5.41 Å². The van der Waals surface area contributed by atoms with Crippen LogP contribution in [-0.4, -0.2) is 33.1 Å². The van der Waals surface area contributed by atoms with Gasteiger partial charge < -0.3 is 5.32 Å². The molecule has 0 aromatic carbocycles. The van der Waals surface area contributed by atoms with Crippen molar-refractivity contribution in [2.75, 3.05) is 7.05 Å². The van der Waals surface area contributed by atoms with Crippen LogP contribution >= 0.6 is 11.8 Å². The zero-order valence-corrected chi connectivity index (χ0v) is 13.3. The number of hydrogen-bond acceptors (Lipinski definition) is 4. The van der Waals surface area contributed by atoms with Gasteiger partial charge in [0.25, 0.3) is 0 Å². The Morgan fingerprint density at radius 2 is 2.15 bits per heavy atom. The zero-order chi connectivity index (χ0) is 14.3. The Kier molecular flexibility index (Phi) is 3.71. The lowest BCUT2D eigenvalue weighted by Gasteiger charge is -2.40. The Morgan fingerprint density at radius 1 is 1.40 bits per heavy atom. The predicted molar refractivity (Wildman–Crippen MR) is 81.2 cm³/mol. The molecule has 0 aliphatic heterocycles. The quantitative estimate of drug-likeness (QED) is 0.894. The van der Waals surface area contributed by atoms with Gasteiger partial charge in [0, 0.05) is 17.3 Å². The minimum atomic E-state index is -0.0499. The number of aromatic amines is 1. The molecule has 6 heteroatoms. The maximum atomic E-state index is 11.9. The number of nitrogens with zero attached hydrogens (tertiary/aromatic N) is 2. The van der Waals surface area contributed by atoms with Crippen molar-refractivity contribution in [2.45, 2.75) is 68.4 Å². The van der Waals surface area contributed by atoms with Gasteiger partial charge in [-0.2, -0.15) is 0 Å². The number of hydrogen-bond donors (Lipinski definition) is 2. The van der Waals surface area contributed by atoms with E-state index in [1.54, 1.807) is 11.8 Å². The van der Waals surface area contributed by atoms with Gasteiger partial charge in [0.1, 0.15) is 0 Å². The molecule has 1 aromatic rings. The van der Waals surface area contributed by atoms with E-state index in [1.807, 2.05) is 11.6 Å². The van der Waals surface area contributed by atoms with Gasteiger partial charge in [0.2, 0.25) is 0 Å². The summed E-state index contributed by atoms with van der Waals surface area (Å²) in [4.78, 5) is 11.9. The first-order valence-corrected chi connectivity index (χ1v) is 8.39. The van der Waals surface area contributed by atoms with Gasteiger partial charge in [-0.15, -0.1) is 5.10 Å². The summed E-state index contributed by atoms with van der Waals surface area (Å²) in [5.74, 6) is 0. The van der Waals surface area contributed by atoms with Crippen LogP contribution in [0.25, 0.3) is 0 Å². The minimum Gasteiger partial charge on any atom is -0.316 e. The Morgan fingerprint density at radius 3 is 2.80 bits per heavy atom. The molecule has 1 aromatic heterocycles. The van der Waals surface area contributed by atoms with Crippen molar-refractivity contribution in [3.63, 3.8) is 0 Å². The molecular formula is C14H24N4OS. The Bertz CT molecular complexity index is 532. The predicted octanol–water partition coefficient (Wildman–Crippen LogP) is 2.17. The van der Waals surface area contributed by atoms with Gasteiger partial charge in [-0.3, -0.25) is 4.57 Å². The molecule has 2 aliphatic rings. The fraction of sp³-hybridized carbons (Fsp3) is 0.857. The highest BCUT2D eigenvalue weighted by Crippen LogP contribution is 2.43. The maximum Gasteiger partial charge on any atom is 0.344 e. The minimum absolute atomic E-state index is 0.0499. The highest BCUT2D eigenvalue weighted by Gasteiger charge is 2.37. The fourth-order valence-electron chi connectivity index (χ4n) is 3.14. The van der Waals surface area contributed by atoms with Crippen molar-refractivity contribution >= 4 is 11.8 Å². The van der Waals surface area contributed by atoms with Crippen molar-refractivity contribution in [2.24, 2.45) is 5.41 Å². The number of nitrogens with one attached hydrogen (secondary N) is 2. The Hall–Kier alpha value is -0.750. The third-order valence-electron chi connectivity index (χ3n) is 4.55. The molecule has 2 fully saturated rings. The Balaban J connectivity index is 1.80. The first-order valence-electron chi connectivity index (χ1n) is 7.51. The lowest BCUT2D eigenvalue weighted by atomic mass is 9.75. The summed E-state index contributed by atoms with van der Waals surface area (Å²) in [5.41, 5.74) is 0.331. The van der Waals surface area contributed by atoms with Crippen molar-refractivity contribution in [3.05, 3.63) is 10.5 Å². The molecule has 2 saturated carbocycles. The highest BCUT2D eigenvalue weighted by atomic mass is 32.2. The van der Waals surface area contributed by atoms with E-state index >= 15 is 0 Å². The molecule has 0 bridgehead atoms. The molecule has 2 N–H and O–H groups in total. The van der Waals surface area contributed by atoms with E-state index in [-0.39, 0.29) is 5.69 Å². The summed E-state index contributed by atoms with van der Waals surface area (Å²) >= 11 is 1.77. The van der Waals surface area contributed by atoms with Crippen LogP contribution in [0.15, 0.2) is 9.95 Å². The first kappa shape index (κ1) is 14.2. The molecule has 3 rings (SSSR count). The summed E-state index contributed by atoms with van der Waals surface area (Å²) in [5, 5.41) is 11.7. The van der Waals surface area contributed by atoms with Crippen molar-refractivity contribution in [1.29, 1.82) is 0 Å². The van der Waals surface area contributed by atoms with Crippen LogP contribution in [-0.2, 0) is 0 Å². The first-order chi connectivity index (χ1) is 9.50. The second kappa shape index (κ2) is 5.22. The second-order valence-electron chi connectivity index (χ2n) is 6.87. The van der Waals surface area contributed by atoms with E-state index in [0.717, 1.165) is 24.4 Å². The van der Waals surface area contributed by atoms with E-state index < -0.39 is 0 Å². The van der Waals surface area contributed by atoms with Gasteiger partial charge in [0.15, 0.2) is 5.16 Å². The molecule has 112 valence electrons. The topological polar surface area (TPSA) is 62.7 Å². The normalized spacial score (nSPS) is 29.6. The van der Waals surface area contributed by atoms with Gasteiger partial charge >= 0.3 is 5.69 Å². The van der Waals surface area contributed by atoms with Gasteiger partial charge in [-0.25, -0.2) is 9.89 Å². The van der Waals surface area contributed by atoms with Crippen molar-refractivity contribution in [3.8, 4) is 0 Å². The van der Waals surface area contributed by atoms with E-state index in [4.69, 9.17) is 0 Å². The molecule has 0 amide bonds. The van der Waals surface area contributed by atoms with Crippen LogP contribution in [0.3, 0.4) is 0 Å². The monoisotopic (exact) mass is 296 g/mol. The van der Waals surface area contributed by atoms with Crippen LogP contribution in [0.5, 0.6) is 0 Å². The van der Waals surface area contributed by atoms with Gasteiger partial charge in [-0.05, 0) is 44.6 Å². The fourth-order valence-corrected chi connectivity index (χ4v) is 4.82. The molecule has 2 unspecified atom stereocenters. The summed E-state index contributed by atoms with van der Waals surface area (Å²) in [6, 6.07) is 0.890. The van der Waals surface area contributed by atoms with Crippen LogP contribution in [0.2, 0.25) is 0 Å². The average molecular weight is 296 g/mol. The molecule has 20 heavy (non-hydrogen) atoms. The summed E-state index contributed by atoms with van der Waals surface area (Å²) in [6.45, 7) is 4.68. The van der Waals surface area contributed by atoms with Gasteiger partial charge in [-0.1, -0.05) is 25.6 Å². The third kappa shape index (κ3) is 2.81.